The van der Waals surface area contributed by atoms with Crippen LogP contribution in [0.25, 0.3) is 0 Å². The molecule has 0 unspecified atom stereocenters. The number of hydroxylamine groups is 1. The number of benzene rings is 1. The molecule has 0 saturated heterocycles. The summed E-state index contributed by atoms with van der Waals surface area (Å²) in [5.41, 5.74) is 10.5. The maximum atomic E-state index is 13.0. The number of nitrogens with zero attached hydrogens (tertiary/aromatic N) is 2. The molecule has 0 amide bonds. The van der Waals surface area contributed by atoms with Gasteiger partial charge in [0, 0.05) is 0 Å². The predicted molar refractivity (Wildman–Crippen MR) is 113 cm³/mol. The van der Waals surface area contributed by atoms with E-state index in [0.717, 1.165) is 17.6 Å². The van der Waals surface area contributed by atoms with Gasteiger partial charge in [-0.05, 0) is 0 Å². The Morgan fingerprint density at radius 1 is 1.32 bits per heavy atom. The standard InChI is InChI=1S/C19H29BFN5O2/c1-6-13(3)18(25-28-12-14-8-10-15(21)11-9-14)24-16(22)17(23)26(5)19(20-4)27-7-2/h8-11,23,25H,6-7,12H2,1-5H3,(H2,22,24). The number of nitrogens with one attached hydrogen (secondary N) is 2. The number of allylic oxidation sites excluding steroid dienone is 1. The molecular weight excluding hydrogens is 360 g/mol. The van der Waals surface area contributed by atoms with Crippen molar-refractivity contribution < 1.29 is 14.0 Å². The van der Waals surface area contributed by atoms with Gasteiger partial charge in [0.1, 0.15) is 5.82 Å². The van der Waals surface area contributed by atoms with E-state index in [1.54, 1.807) is 26.1 Å². The Hall–Kier alpha value is -2.68. The van der Waals surface area contributed by atoms with E-state index in [1.165, 1.54) is 17.0 Å². The summed E-state index contributed by atoms with van der Waals surface area (Å²) >= 11 is 0. The molecule has 28 heavy (non-hydrogen) atoms. The summed E-state index contributed by atoms with van der Waals surface area (Å²) in [6.07, 6.45) is 0.723. The fourth-order valence-corrected chi connectivity index (χ4v) is 2.12. The second-order valence-electron chi connectivity index (χ2n) is 5.96. The summed E-state index contributed by atoms with van der Waals surface area (Å²) in [6.45, 7) is 10.0. The molecule has 4 N–H and O–H groups in total. The average molecular weight is 389 g/mol. The van der Waals surface area contributed by atoms with Crippen LogP contribution in [0.2, 0.25) is 6.82 Å². The minimum atomic E-state index is -0.299. The summed E-state index contributed by atoms with van der Waals surface area (Å²) in [6, 6.07) is 6.03. The van der Waals surface area contributed by atoms with Gasteiger partial charge in [-0.2, -0.15) is 0 Å². The average Bonchev–Trinajstić information content (AvgIpc) is 2.70. The summed E-state index contributed by atoms with van der Waals surface area (Å²) in [4.78, 5) is 11.3. The first-order valence-corrected chi connectivity index (χ1v) is 9.11. The van der Waals surface area contributed by atoms with E-state index < -0.39 is 0 Å². The van der Waals surface area contributed by atoms with E-state index >= 15 is 0 Å². The molecule has 0 radical (unpaired) electrons. The zero-order chi connectivity index (χ0) is 21.1. The van der Waals surface area contributed by atoms with Gasteiger partial charge in [-0.25, -0.2) is 4.39 Å². The van der Waals surface area contributed by atoms with Crippen LogP contribution in [0.3, 0.4) is 0 Å². The Morgan fingerprint density at radius 3 is 2.50 bits per heavy atom. The summed E-state index contributed by atoms with van der Waals surface area (Å²) in [5.74, 6) is 0.666. The molecule has 0 fully saturated rings. The molecular formula is C19H29BFN5O2. The van der Waals surface area contributed by atoms with Gasteiger partial charge in [0.25, 0.3) is 0 Å². The molecule has 152 valence electrons. The zero-order valence-electron chi connectivity index (χ0n) is 17.2. The van der Waals surface area contributed by atoms with Crippen molar-refractivity contribution in [1.29, 1.82) is 5.41 Å². The molecule has 0 bridgehead atoms. The monoisotopic (exact) mass is 389 g/mol. The van der Waals surface area contributed by atoms with Crippen LogP contribution < -0.4 is 11.2 Å². The number of amidine groups is 2. The number of ether oxygens (including phenoxy) is 1. The first-order valence-electron chi connectivity index (χ1n) is 9.11. The fourth-order valence-electron chi connectivity index (χ4n) is 2.12. The van der Waals surface area contributed by atoms with Crippen LogP contribution in [-0.2, 0) is 16.2 Å². The van der Waals surface area contributed by atoms with Crippen molar-refractivity contribution >= 4 is 24.4 Å². The van der Waals surface area contributed by atoms with Crippen LogP contribution >= 0.6 is 0 Å². The van der Waals surface area contributed by atoms with E-state index in [2.05, 4.69) is 10.5 Å². The van der Waals surface area contributed by atoms with E-state index in [4.69, 9.17) is 20.7 Å². The second-order valence-corrected chi connectivity index (χ2v) is 5.96. The van der Waals surface area contributed by atoms with Crippen LogP contribution in [0.1, 0.15) is 32.8 Å². The Morgan fingerprint density at radius 2 is 1.96 bits per heavy atom. The second kappa shape index (κ2) is 11.9. The number of aliphatic imine (C=N–C) groups is 1. The SMILES string of the molecule is CB=C(OCC)N(C)C(=N)/C(N)=N\C(NOCc1ccc(F)cc1)=C(C)CC. The van der Waals surface area contributed by atoms with Crippen LogP contribution in [0.5, 0.6) is 0 Å². The van der Waals surface area contributed by atoms with Gasteiger partial charge in [-0.1, -0.05) is 0 Å². The van der Waals surface area contributed by atoms with E-state index in [0.29, 0.717) is 18.2 Å². The Kier molecular flexibility index (Phi) is 9.94. The summed E-state index contributed by atoms with van der Waals surface area (Å²) in [5, 5.41) is 8.26. The molecule has 9 heteroatoms. The molecule has 1 aromatic rings. The van der Waals surface area contributed by atoms with Crippen molar-refractivity contribution in [2.45, 2.75) is 40.6 Å². The molecule has 0 atom stereocenters. The van der Waals surface area contributed by atoms with Crippen molar-refractivity contribution in [1.82, 2.24) is 10.4 Å². The molecule has 0 aliphatic heterocycles. The molecule has 1 aromatic carbocycles. The van der Waals surface area contributed by atoms with Gasteiger partial charge in [0.05, 0.1) is 0 Å². The minimum absolute atomic E-state index is 0.00304. The van der Waals surface area contributed by atoms with Crippen LogP contribution in [-0.4, -0.2) is 42.9 Å². The number of halogens is 1. The maximum absolute atomic E-state index is 13.0. The third-order valence-electron chi connectivity index (χ3n) is 3.94. The third kappa shape index (κ3) is 7.15. The fraction of sp³-hybridized carbons (Fsp3) is 0.421. The predicted octanol–water partition coefficient (Wildman–Crippen LogP) is 2.63. The van der Waals surface area contributed by atoms with Crippen LogP contribution in [0.4, 0.5) is 4.39 Å². The number of likely N-dealkylation sites (N-methyl/N-ethyl adjacent to an activating group) is 1. The van der Waals surface area contributed by atoms with E-state index in [1.807, 2.05) is 27.6 Å². The van der Waals surface area contributed by atoms with E-state index in [-0.39, 0.29) is 24.1 Å². The first-order chi connectivity index (χ1) is 13.3. The van der Waals surface area contributed by atoms with Crippen LogP contribution in [0, 0.1) is 11.2 Å². The molecule has 7 nitrogen and oxygen atoms in total. The Bertz CT molecular complexity index is 747. The first kappa shape index (κ1) is 23.4. The molecule has 0 saturated carbocycles. The topological polar surface area (TPSA) is 96.0 Å². The van der Waals surface area contributed by atoms with Gasteiger partial charge < -0.3 is 0 Å². The van der Waals surface area contributed by atoms with Gasteiger partial charge in [0.15, 0.2) is 0 Å². The van der Waals surface area contributed by atoms with Crippen molar-refractivity contribution in [2.24, 2.45) is 10.7 Å². The van der Waals surface area contributed by atoms with Gasteiger partial charge >= 0.3 is 156 Å². The van der Waals surface area contributed by atoms with E-state index in [9.17, 15) is 4.39 Å². The molecule has 1 rings (SSSR count). The zero-order valence-corrected chi connectivity index (χ0v) is 17.2. The Labute approximate surface area is 166 Å². The van der Waals surface area contributed by atoms with Crippen LogP contribution in [0.15, 0.2) is 40.7 Å². The van der Waals surface area contributed by atoms with Gasteiger partial charge in [0.2, 0.25) is 0 Å². The number of hydrogen-bond acceptors (Lipinski definition) is 5. The third-order valence-corrected chi connectivity index (χ3v) is 3.94. The molecule has 0 spiro atoms. The van der Waals surface area contributed by atoms with Crippen molar-refractivity contribution in [3.05, 3.63) is 47.0 Å². The number of hydrogen-bond donors (Lipinski definition) is 3. The molecule has 0 aromatic heterocycles. The molecule has 0 aliphatic carbocycles. The normalized spacial score (nSPS) is 12.8. The molecule has 0 aliphatic rings. The quantitative estimate of drug-likeness (QED) is 0.261. The summed E-state index contributed by atoms with van der Waals surface area (Å²) < 4.78 is 18.4. The van der Waals surface area contributed by atoms with Gasteiger partial charge in [-0.15, -0.1) is 0 Å². The number of rotatable bonds is 9. The number of nitrogens with two attached hydrogens (primary N) is 1. The molecule has 0 heterocycles. The van der Waals surface area contributed by atoms with Crippen molar-refractivity contribution in [2.75, 3.05) is 13.7 Å². The summed E-state index contributed by atoms with van der Waals surface area (Å²) in [7, 11) is 1.68. The van der Waals surface area contributed by atoms with Crippen molar-refractivity contribution in [3.8, 4) is 0 Å². The Balaban J connectivity index is 2.86. The van der Waals surface area contributed by atoms with Gasteiger partial charge in [-0.3, -0.25) is 0 Å². The van der Waals surface area contributed by atoms with Crippen molar-refractivity contribution in [3.63, 3.8) is 0 Å².